The van der Waals surface area contributed by atoms with E-state index in [9.17, 15) is 27.5 Å². The number of carbonyl (C=O) groups excluding carboxylic acids is 1. The van der Waals surface area contributed by atoms with Gasteiger partial charge in [-0.25, -0.2) is 14.0 Å². The molecule has 2 amide bonds. The Morgan fingerprint density at radius 2 is 1.62 bits per heavy atom. The molecule has 0 bridgehead atoms. The number of amides is 2. The lowest BCUT2D eigenvalue weighted by atomic mass is 9.96. The van der Waals surface area contributed by atoms with Gasteiger partial charge in [-0.2, -0.15) is 13.2 Å². The largest absolute Gasteiger partial charge is 0.490 e. The van der Waals surface area contributed by atoms with E-state index in [1.807, 2.05) is 24.3 Å². The molecule has 2 aromatic carbocycles. The summed E-state index contributed by atoms with van der Waals surface area (Å²) < 4.78 is 49.9. The molecule has 0 aliphatic carbocycles. The number of nitrogens with zero attached hydrogens (tertiary/aromatic N) is 2. The molecule has 8 nitrogen and oxygen atoms in total. The van der Waals surface area contributed by atoms with Crippen LogP contribution in [-0.2, 0) is 22.7 Å². The van der Waals surface area contributed by atoms with Crippen molar-refractivity contribution in [1.29, 1.82) is 0 Å². The molecule has 0 aromatic heterocycles. The van der Waals surface area contributed by atoms with Crippen molar-refractivity contribution in [1.82, 2.24) is 15.1 Å². The Hall–Kier alpha value is -3.22. The monoisotopic (exact) mass is 557 g/mol. The minimum absolute atomic E-state index is 0.0693. The molecule has 0 spiro atoms. The number of β-amino-alcohol motifs (C(OH)–C–C–N with tert-alkyl or cyclic N) is 1. The van der Waals surface area contributed by atoms with E-state index in [-0.39, 0.29) is 11.8 Å². The van der Waals surface area contributed by atoms with Crippen molar-refractivity contribution in [2.75, 3.05) is 40.3 Å². The van der Waals surface area contributed by atoms with Crippen LogP contribution in [0.2, 0.25) is 0 Å². The average molecular weight is 558 g/mol. The molecule has 1 heterocycles. The molecule has 3 rings (SSSR count). The van der Waals surface area contributed by atoms with Gasteiger partial charge in [0, 0.05) is 33.8 Å². The second-order valence-electron chi connectivity index (χ2n) is 9.41. The van der Waals surface area contributed by atoms with E-state index in [2.05, 4.69) is 10.2 Å². The van der Waals surface area contributed by atoms with Crippen molar-refractivity contribution < 1.29 is 42.1 Å². The number of aliphatic hydroxyl groups excluding tert-OH is 1. The van der Waals surface area contributed by atoms with E-state index >= 15 is 0 Å². The van der Waals surface area contributed by atoms with E-state index in [0.717, 1.165) is 42.6 Å². The standard InChI is InChI=1S/C25H34FN3O3.C2HF3O2/c1-28(16-20-3-5-21(6-4-20)18-32-2)25(31)27-15-19-11-13-29(14-12-19)17-24(30)22-7-9-23(26)10-8-22;3-2(4,5)1(6)7/h3-10,19,24,30H,11-18H2,1-2H3,(H,27,31);(H,6,7). The van der Waals surface area contributed by atoms with Gasteiger partial charge >= 0.3 is 18.2 Å². The zero-order valence-corrected chi connectivity index (χ0v) is 22.0. The number of aliphatic hydroxyl groups is 1. The number of carboxylic acid groups (broad SMARTS) is 1. The predicted molar refractivity (Wildman–Crippen MR) is 136 cm³/mol. The van der Waals surface area contributed by atoms with Crippen molar-refractivity contribution in [2.45, 2.75) is 38.3 Å². The summed E-state index contributed by atoms with van der Waals surface area (Å²) in [5.74, 6) is -2.62. The fourth-order valence-corrected chi connectivity index (χ4v) is 4.03. The zero-order chi connectivity index (χ0) is 29.0. The summed E-state index contributed by atoms with van der Waals surface area (Å²) in [7, 11) is 3.48. The van der Waals surface area contributed by atoms with Crippen molar-refractivity contribution in [3.63, 3.8) is 0 Å². The van der Waals surface area contributed by atoms with E-state index in [0.29, 0.717) is 32.2 Å². The third-order valence-corrected chi connectivity index (χ3v) is 6.28. The molecule has 0 saturated carbocycles. The van der Waals surface area contributed by atoms with Gasteiger partial charge in [0.15, 0.2) is 0 Å². The number of carbonyl (C=O) groups is 2. The fourth-order valence-electron chi connectivity index (χ4n) is 4.03. The van der Waals surface area contributed by atoms with Crippen LogP contribution in [0.3, 0.4) is 0 Å². The Balaban J connectivity index is 0.000000673. The van der Waals surface area contributed by atoms with Gasteiger partial charge in [0.25, 0.3) is 0 Å². The summed E-state index contributed by atoms with van der Waals surface area (Å²) >= 11 is 0. The number of hydrogen-bond acceptors (Lipinski definition) is 5. The molecule has 1 aliphatic rings. The van der Waals surface area contributed by atoms with Gasteiger partial charge in [-0.3, -0.25) is 0 Å². The lowest BCUT2D eigenvalue weighted by molar-refractivity contribution is -0.192. The van der Waals surface area contributed by atoms with E-state index in [4.69, 9.17) is 14.6 Å². The quantitative estimate of drug-likeness (QED) is 0.400. The van der Waals surface area contributed by atoms with Crippen LogP contribution < -0.4 is 5.32 Å². The van der Waals surface area contributed by atoms with Crippen LogP contribution >= 0.6 is 0 Å². The smallest absolute Gasteiger partial charge is 0.475 e. The van der Waals surface area contributed by atoms with E-state index in [1.54, 1.807) is 31.2 Å². The van der Waals surface area contributed by atoms with Gasteiger partial charge in [-0.05, 0) is 60.7 Å². The van der Waals surface area contributed by atoms with Gasteiger partial charge < -0.3 is 30.1 Å². The van der Waals surface area contributed by atoms with Crippen LogP contribution in [0.4, 0.5) is 22.4 Å². The number of carboxylic acids is 1. The Morgan fingerprint density at radius 3 is 2.13 bits per heavy atom. The van der Waals surface area contributed by atoms with Crippen LogP contribution in [0.5, 0.6) is 0 Å². The molecule has 0 radical (unpaired) electrons. The van der Waals surface area contributed by atoms with Crippen LogP contribution in [0.15, 0.2) is 48.5 Å². The van der Waals surface area contributed by atoms with Crippen LogP contribution in [0, 0.1) is 11.7 Å². The van der Waals surface area contributed by atoms with Gasteiger partial charge in [-0.1, -0.05) is 36.4 Å². The highest BCUT2D eigenvalue weighted by Crippen LogP contribution is 2.21. The number of hydrogen-bond donors (Lipinski definition) is 3. The summed E-state index contributed by atoms with van der Waals surface area (Å²) in [6.45, 7) is 4.09. The first-order valence-corrected chi connectivity index (χ1v) is 12.4. The second-order valence-corrected chi connectivity index (χ2v) is 9.41. The van der Waals surface area contributed by atoms with Crippen LogP contribution in [0.1, 0.15) is 35.6 Å². The average Bonchev–Trinajstić information content (AvgIpc) is 2.89. The molecule has 1 fully saturated rings. The summed E-state index contributed by atoms with van der Waals surface area (Å²) in [6, 6.07) is 14.0. The molecule has 1 saturated heterocycles. The number of benzene rings is 2. The summed E-state index contributed by atoms with van der Waals surface area (Å²) in [6.07, 6.45) is -3.76. The van der Waals surface area contributed by atoms with Crippen molar-refractivity contribution >= 4 is 12.0 Å². The SMILES string of the molecule is COCc1ccc(CN(C)C(=O)NCC2CCN(CC(O)c3ccc(F)cc3)CC2)cc1.O=C(O)C(F)(F)F. The normalized spacial score (nSPS) is 15.2. The number of likely N-dealkylation sites (tertiary alicyclic amines) is 1. The molecular weight excluding hydrogens is 522 g/mol. The molecule has 216 valence electrons. The number of alkyl halides is 3. The van der Waals surface area contributed by atoms with Crippen LogP contribution in [-0.4, -0.2) is 78.5 Å². The number of halogens is 4. The maximum Gasteiger partial charge on any atom is 0.490 e. The second kappa shape index (κ2) is 15.4. The van der Waals surface area contributed by atoms with Gasteiger partial charge in [0.2, 0.25) is 0 Å². The molecule has 2 aromatic rings. The number of aliphatic carboxylic acids is 1. The lowest BCUT2D eigenvalue weighted by Crippen LogP contribution is -2.43. The Morgan fingerprint density at radius 1 is 1.08 bits per heavy atom. The molecule has 1 atom stereocenters. The van der Waals surface area contributed by atoms with Crippen molar-refractivity contribution in [3.05, 3.63) is 71.0 Å². The van der Waals surface area contributed by atoms with Crippen molar-refractivity contribution in [3.8, 4) is 0 Å². The third kappa shape index (κ3) is 11.6. The molecule has 1 aliphatic heterocycles. The molecule has 39 heavy (non-hydrogen) atoms. The van der Waals surface area contributed by atoms with E-state index < -0.39 is 18.2 Å². The topological polar surface area (TPSA) is 102 Å². The predicted octanol–water partition coefficient (Wildman–Crippen LogP) is 4.19. The fraction of sp³-hybridized carbons (Fsp3) is 0.481. The summed E-state index contributed by atoms with van der Waals surface area (Å²) in [4.78, 5) is 25.3. The van der Waals surface area contributed by atoms with Crippen molar-refractivity contribution in [2.24, 2.45) is 5.92 Å². The minimum Gasteiger partial charge on any atom is -0.475 e. The van der Waals surface area contributed by atoms with Gasteiger partial charge in [0.05, 0.1) is 12.7 Å². The first-order chi connectivity index (χ1) is 18.4. The highest BCUT2D eigenvalue weighted by molar-refractivity contribution is 5.74. The molecule has 3 N–H and O–H groups in total. The molecular formula is C27H35F4N3O5. The molecule has 1 unspecified atom stereocenters. The first-order valence-electron chi connectivity index (χ1n) is 12.4. The molecule has 12 heteroatoms. The Labute approximate surface area is 225 Å². The first kappa shape index (κ1) is 32.0. The lowest BCUT2D eigenvalue weighted by Gasteiger charge is -2.33. The zero-order valence-electron chi connectivity index (χ0n) is 22.0. The number of rotatable bonds is 9. The Kier molecular flexibility index (Phi) is 12.6. The Bertz CT molecular complexity index is 1030. The third-order valence-electron chi connectivity index (χ3n) is 6.28. The maximum absolute atomic E-state index is 13.1. The van der Waals surface area contributed by atoms with Crippen LogP contribution in [0.25, 0.3) is 0 Å². The summed E-state index contributed by atoms with van der Waals surface area (Å²) in [5.41, 5.74) is 2.92. The highest BCUT2D eigenvalue weighted by atomic mass is 19.4. The summed E-state index contributed by atoms with van der Waals surface area (Å²) in [5, 5.41) is 20.6. The maximum atomic E-state index is 13.1. The van der Waals surface area contributed by atoms with Gasteiger partial charge in [-0.15, -0.1) is 0 Å². The van der Waals surface area contributed by atoms with Gasteiger partial charge in [0.1, 0.15) is 5.82 Å². The number of methoxy groups -OCH3 is 1. The van der Waals surface area contributed by atoms with E-state index in [1.165, 1.54) is 12.1 Å². The highest BCUT2D eigenvalue weighted by Gasteiger charge is 2.38. The number of ether oxygens (including phenoxy) is 1. The number of nitrogens with one attached hydrogen (secondary N) is 1. The number of piperidine rings is 1. The number of urea groups is 1. The minimum atomic E-state index is -5.08.